The summed E-state index contributed by atoms with van der Waals surface area (Å²) >= 11 is 3.26. The lowest BCUT2D eigenvalue weighted by Gasteiger charge is -2.14. The Hall–Kier alpha value is -1.30. The Bertz CT molecular complexity index is 523. The van der Waals surface area contributed by atoms with Gasteiger partial charge < -0.3 is 5.11 Å². The normalized spacial score (nSPS) is 12.3. The molecule has 1 aromatic heterocycles. The molecule has 3 nitrogen and oxygen atoms in total. The average Bonchev–Trinajstić information content (AvgIpc) is 2.92. The summed E-state index contributed by atoms with van der Waals surface area (Å²) in [6.45, 7) is 0.568. The van der Waals surface area contributed by atoms with Gasteiger partial charge in [0.2, 0.25) is 0 Å². The Morgan fingerprint density at radius 2 is 2.11 bits per heavy atom. The van der Waals surface area contributed by atoms with Gasteiger partial charge >= 0.3 is 5.97 Å². The molecule has 0 aliphatic carbocycles. The first-order valence-electron chi connectivity index (χ1n) is 5.83. The van der Waals surface area contributed by atoms with Crippen molar-refractivity contribution in [2.75, 3.05) is 6.26 Å². The predicted octanol–water partition coefficient (Wildman–Crippen LogP) is 3.39. The SMILES string of the molecule is CSc1ccc(C(NCc2cccs2)C(=O)O)cc1. The summed E-state index contributed by atoms with van der Waals surface area (Å²) in [6, 6.07) is 10.9. The van der Waals surface area contributed by atoms with Crippen molar-refractivity contribution in [2.45, 2.75) is 17.5 Å². The maximum Gasteiger partial charge on any atom is 0.325 e. The molecular weight excluding hydrogens is 278 g/mol. The van der Waals surface area contributed by atoms with Gasteiger partial charge in [0.15, 0.2) is 0 Å². The maximum atomic E-state index is 11.3. The van der Waals surface area contributed by atoms with E-state index in [0.717, 1.165) is 15.3 Å². The van der Waals surface area contributed by atoms with Crippen LogP contribution in [0.2, 0.25) is 0 Å². The molecule has 19 heavy (non-hydrogen) atoms. The Balaban J connectivity index is 2.08. The van der Waals surface area contributed by atoms with Crippen LogP contribution in [0.1, 0.15) is 16.5 Å². The summed E-state index contributed by atoms with van der Waals surface area (Å²) in [5.41, 5.74) is 0.779. The number of hydrogen-bond acceptors (Lipinski definition) is 4. The monoisotopic (exact) mass is 293 g/mol. The lowest BCUT2D eigenvalue weighted by atomic mass is 10.1. The molecule has 0 spiro atoms. The summed E-state index contributed by atoms with van der Waals surface area (Å²) in [6.07, 6.45) is 2.00. The van der Waals surface area contributed by atoms with Crippen molar-refractivity contribution in [3.8, 4) is 0 Å². The molecule has 2 N–H and O–H groups in total. The topological polar surface area (TPSA) is 49.3 Å². The second-order valence-electron chi connectivity index (χ2n) is 4.00. The second kappa shape index (κ2) is 6.75. The Morgan fingerprint density at radius 3 is 2.63 bits per heavy atom. The van der Waals surface area contributed by atoms with E-state index < -0.39 is 12.0 Å². The third-order valence-electron chi connectivity index (χ3n) is 2.76. The summed E-state index contributed by atoms with van der Waals surface area (Å²) in [4.78, 5) is 13.6. The number of thiophene rings is 1. The zero-order valence-corrected chi connectivity index (χ0v) is 12.1. The fourth-order valence-electron chi connectivity index (χ4n) is 1.76. The number of nitrogens with one attached hydrogen (secondary N) is 1. The first-order chi connectivity index (χ1) is 9.20. The molecule has 0 radical (unpaired) electrons. The number of carboxylic acid groups (broad SMARTS) is 1. The van der Waals surface area contributed by atoms with Gasteiger partial charge in [0, 0.05) is 16.3 Å². The quantitative estimate of drug-likeness (QED) is 0.802. The van der Waals surface area contributed by atoms with Gasteiger partial charge in [-0.1, -0.05) is 18.2 Å². The van der Waals surface area contributed by atoms with Crippen LogP contribution in [0.5, 0.6) is 0 Å². The number of benzene rings is 1. The number of rotatable bonds is 6. The van der Waals surface area contributed by atoms with E-state index in [1.807, 2.05) is 48.0 Å². The third kappa shape index (κ3) is 3.83. The molecule has 0 aliphatic rings. The van der Waals surface area contributed by atoms with Gasteiger partial charge in [0.05, 0.1) is 0 Å². The van der Waals surface area contributed by atoms with Crippen molar-refractivity contribution in [2.24, 2.45) is 0 Å². The minimum atomic E-state index is -0.853. The molecule has 0 amide bonds. The predicted molar refractivity (Wildman–Crippen MR) is 79.8 cm³/mol. The standard InChI is InChI=1S/C14H15NO2S2/c1-18-11-6-4-10(5-7-11)13(14(16)17)15-9-12-3-2-8-19-12/h2-8,13,15H,9H2,1H3,(H,16,17). The number of carbonyl (C=O) groups is 1. The molecule has 100 valence electrons. The highest BCUT2D eigenvalue weighted by molar-refractivity contribution is 7.98. The van der Waals surface area contributed by atoms with Crippen LogP contribution in [0.15, 0.2) is 46.7 Å². The molecule has 0 saturated heterocycles. The third-order valence-corrected chi connectivity index (χ3v) is 4.38. The van der Waals surface area contributed by atoms with E-state index in [1.54, 1.807) is 23.1 Å². The summed E-state index contributed by atoms with van der Waals surface area (Å²) in [7, 11) is 0. The molecule has 1 atom stereocenters. The minimum absolute atomic E-state index is 0.568. The van der Waals surface area contributed by atoms with E-state index >= 15 is 0 Å². The first-order valence-corrected chi connectivity index (χ1v) is 7.93. The average molecular weight is 293 g/mol. The van der Waals surface area contributed by atoms with Crippen LogP contribution in [0.3, 0.4) is 0 Å². The molecule has 0 aliphatic heterocycles. The second-order valence-corrected chi connectivity index (χ2v) is 5.92. The van der Waals surface area contributed by atoms with Crippen LogP contribution >= 0.6 is 23.1 Å². The molecule has 1 aromatic carbocycles. The van der Waals surface area contributed by atoms with Gasteiger partial charge in [0.1, 0.15) is 6.04 Å². The van der Waals surface area contributed by atoms with Crippen molar-refractivity contribution in [1.29, 1.82) is 0 Å². The van der Waals surface area contributed by atoms with E-state index in [1.165, 1.54) is 0 Å². The van der Waals surface area contributed by atoms with Crippen LogP contribution in [-0.2, 0) is 11.3 Å². The Labute approximate surface area is 120 Å². The zero-order chi connectivity index (χ0) is 13.7. The smallest absolute Gasteiger partial charge is 0.325 e. The lowest BCUT2D eigenvalue weighted by molar-refractivity contribution is -0.139. The number of carboxylic acids is 1. The maximum absolute atomic E-state index is 11.3. The first kappa shape index (κ1) is 14.1. The molecule has 1 unspecified atom stereocenters. The van der Waals surface area contributed by atoms with E-state index in [9.17, 15) is 9.90 Å². The Kier molecular flexibility index (Phi) is 5.01. The van der Waals surface area contributed by atoms with Gasteiger partial charge in [-0.2, -0.15) is 0 Å². The van der Waals surface area contributed by atoms with Gasteiger partial charge in [-0.25, -0.2) is 0 Å². The van der Waals surface area contributed by atoms with Crippen LogP contribution < -0.4 is 5.32 Å². The van der Waals surface area contributed by atoms with E-state index in [4.69, 9.17) is 0 Å². The molecule has 2 rings (SSSR count). The highest BCUT2D eigenvalue weighted by Gasteiger charge is 2.19. The summed E-state index contributed by atoms with van der Waals surface area (Å²) in [5, 5.41) is 14.4. The summed E-state index contributed by atoms with van der Waals surface area (Å²) in [5.74, 6) is -0.853. The molecular formula is C14H15NO2S2. The Morgan fingerprint density at radius 1 is 1.37 bits per heavy atom. The zero-order valence-electron chi connectivity index (χ0n) is 10.5. The largest absolute Gasteiger partial charge is 0.480 e. The van der Waals surface area contributed by atoms with Crippen molar-refractivity contribution in [1.82, 2.24) is 5.32 Å². The minimum Gasteiger partial charge on any atom is -0.480 e. The van der Waals surface area contributed by atoms with Crippen LogP contribution in [-0.4, -0.2) is 17.3 Å². The van der Waals surface area contributed by atoms with Crippen molar-refractivity contribution < 1.29 is 9.90 Å². The molecule has 0 saturated carbocycles. The van der Waals surface area contributed by atoms with Gasteiger partial charge in [-0.05, 0) is 35.4 Å². The molecule has 1 heterocycles. The fourth-order valence-corrected chi connectivity index (χ4v) is 2.82. The van der Waals surface area contributed by atoms with Gasteiger partial charge in [0.25, 0.3) is 0 Å². The number of hydrogen-bond donors (Lipinski definition) is 2. The van der Waals surface area contributed by atoms with E-state index in [-0.39, 0.29) is 0 Å². The lowest BCUT2D eigenvalue weighted by Crippen LogP contribution is -2.27. The number of aliphatic carboxylic acids is 1. The van der Waals surface area contributed by atoms with Crippen molar-refractivity contribution in [3.63, 3.8) is 0 Å². The molecule has 0 fully saturated rings. The molecule has 0 bridgehead atoms. The highest BCUT2D eigenvalue weighted by Crippen LogP contribution is 2.20. The van der Waals surface area contributed by atoms with E-state index in [2.05, 4.69) is 5.32 Å². The van der Waals surface area contributed by atoms with Crippen molar-refractivity contribution in [3.05, 3.63) is 52.2 Å². The van der Waals surface area contributed by atoms with Crippen LogP contribution in [0.25, 0.3) is 0 Å². The van der Waals surface area contributed by atoms with Gasteiger partial charge in [-0.3, -0.25) is 10.1 Å². The number of thioether (sulfide) groups is 1. The van der Waals surface area contributed by atoms with Gasteiger partial charge in [-0.15, -0.1) is 23.1 Å². The summed E-state index contributed by atoms with van der Waals surface area (Å²) < 4.78 is 0. The van der Waals surface area contributed by atoms with Crippen LogP contribution in [0, 0.1) is 0 Å². The van der Waals surface area contributed by atoms with E-state index in [0.29, 0.717) is 6.54 Å². The van der Waals surface area contributed by atoms with Crippen molar-refractivity contribution >= 4 is 29.1 Å². The molecule has 5 heteroatoms. The fraction of sp³-hybridized carbons (Fsp3) is 0.214. The highest BCUT2D eigenvalue weighted by atomic mass is 32.2. The molecule has 2 aromatic rings. The van der Waals surface area contributed by atoms with Crippen LogP contribution in [0.4, 0.5) is 0 Å².